The summed E-state index contributed by atoms with van der Waals surface area (Å²) in [6, 6.07) is 24.6. The molecule has 0 atom stereocenters. The van der Waals surface area contributed by atoms with Crippen molar-refractivity contribution in [3.63, 3.8) is 0 Å². The van der Waals surface area contributed by atoms with Crippen molar-refractivity contribution >= 4 is 22.4 Å². The van der Waals surface area contributed by atoms with Crippen LogP contribution in [0, 0.1) is 0 Å². The quantitative estimate of drug-likeness (QED) is 0.490. The highest BCUT2D eigenvalue weighted by atomic mass is 14.0. The summed E-state index contributed by atoms with van der Waals surface area (Å²) in [4.78, 5) is 0. The standard InChI is InChI=1S/C12H10.C10H10/c1-2-10-7-5-8-11-6-3-4-9-12(10)11;1-3-9(2)10-7-5-4-6-8-10/h2-9H,1H2;3-8H,1-2H2. The molecule has 0 heteroatoms. The molecule has 108 valence electrons. The van der Waals surface area contributed by atoms with Crippen LogP contribution in [-0.4, -0.2) is 0 Å². The lowest BCUT2D eigenvalue weighted by atomic mass is 10.1. The van der Waals surface area contributed by atoms with E-state index in [9.17, 15) is 0 Å². The maximum absolute atomic E-state index is 3.83. The summed E-state index contributed by atoms with van der Waals surface area (Å²) in [5, 5.41) is 2.55. The van der Waals surface area contributed by atoms with Gasteiger partial charge in [0.1, 0.15) is 0 Å². The summed E-state index contributed by atoms with van der Waals surface area (Å²) in [6.07, 6.45) is 3.65. The van der Waals surface area contributed by atoms with Gasteiger partial charge in [0.25, 0.3) is 0 Å². The maximum atomic E-state index is 3.83. The van der Waals surface area contributed by atoms with Crippen LogP contribution in [0.2, 0.25) is 0 Å². The molecule has 3 aromatic carbocycles. The zero-order valence-electron chi connectivity index (χ0n) is 12.7. The second kappa shape index (κ2) is 7.80. The molecular formula is C22H20. The minimum atomic E-state index is 0.973. The van der Waals surface area contributed by atoms with Crippen LogP contribution in [-0.2, 0) is 0 Å². The summed E-state index contributed by atoms with van der Waals surface area (Å²) in [5.41, 5.74) is 3.31. The van der Waals surface area contributed by atoms with E-state index in [1.165, 1.54) is 16.3 Å². The van der Waals surface area contributed by atoms with Gasteiger partial charge in [0.15, 0.2) is 0 Å². The van der Waals surface area contributed by atoms with Crippen LogP contribution in [0.25, 0.3) is 22.4 Å². The highest BCUT2D eigenvalue weighted by Crippen LogP contribution is 2.18. The fourth-order valence-electron chi connectivity index (χ4n) is 2.20. The van der Waals surface area contributed by atoms with Crippen LogP contribution in [0.1, 0.15) is 11.1 Å². The molecule has 0 bridgehead atoms. The van der Waals surface area contributed by atoms with Gasteiger partial charge < -0.3 is 0 Å². The molecule has 0 aliphatic rings. The van der Waals surface area contributed by atoms with Gasteiger partial charge in [0.05, 0.1) is 0 Å². The minimum absolute atomic E-state index is 0.973. The molecule has 0 nitrogen and oxygen atoms in total. The summed E-state index contributed by atoms with van der Waals surface area (Å²) in [5.74, 6) is 0. The van der Waals surface area contributed by atoms with Crippen molar-refractivity contribution in [1.82, 2.24) is 0 Å². The Kier molecular flexibility index (Phi) is 5.50. The first kappa shape index (κ1) is 15.5. The average Bonchev–Trinajstić information content (AvgIpc) is 2.61. The molecule has 0 saturated carbocycles. The lowest BCUT2D eigenvalue weighted by Gasteiger charge is -1.99. The van der Waals surface area contributed by atoms with Crippen molar-refractivity contribution in [2.45, 2.75) is 0 Å². The van der Waals surface area contributed by atoms with E-state index in [-0.39, 0.29) is 0 Å². The maximum Gasteiger partial charge on any atom is -0.0112 e. The van der Waals surface area contributed by atoms with Crippen LogP contribution in [0.3, 0.4) is 0 Å². The van der Waals surface area contributed by atoms with E-state index in [2.05, 4.69) is 62.2 Å². The molecule has 0 amide bonds. The predicted octanol–water partition coefficient (Wildman–Crippen LogP) is 6.37. The molecule has 3 aromatic rings. The number of rotatable bonds is 3. The molecule has 0 aliphatic heterocycles. The molecule has 0 heterocycles. The first-order chi connectivity index (χ1) is 10.8. The van der Waals surface area contributed by atoms with Gasteiger partial charge in [-0.1, -0.05) is 105 Å². The van der Waals surface area contributed by atoms with Gasteiger partial charge in [0.2, 0.25) is 0 Å². The molecule has 22 heavy (non-hydrogen) atoms. The highest BCUT2D eigenvalue weighted by Gasteiger charge is 1.93. The first-order valence-corrected chi connectivity index (χ1v) is 7.23. The highest BCUT2D eigenvalue weighted by molar-refractivity contribution is 5.90. The summed E-state index contributed by atoms with van der Waals surface area (Å²) in [6.45, 7) is 11.2. The van der Waals surface area contributed by atoms with Crippen LogP contribution < -0.4 is 0 Å². The monoisotopic (exact) mass is 284 g/mol. The number of hydrogen-bond acceptors (Lipinski definition) is 0. The Labute approximate surface area is 132 Å². The van der Waals surface area contributed by atoms with E-state index in [0.717, 1.165) is 11.1 Å². The molecule has 0 fully saturated rings. The van der Waals surface area contributed by atoms with E-state index in [0.29, 0.717) is 0 Å². The molecule has 0 unspecified atom stereocenters. The fourth-order valence-corrected chi connectivity index (χ4v) is 2.20. The van der Waals surface area contributed by atoms with Crippen molar-refractivity contribution in [1.29, 1.82) is 0 Å². The third kappa shape index (κ3) is 3.83. The third-order valence-electron chi connectivity index (χ3n) is 3.43. The second-order valence-electron chi connectivity index (χ2n) is 4.87. The Morgan fingerprint density at radius 1 is 0.727 bits per heavy atom. The molecule has 0 aliphatic carbocycles. The number of benzene rings is 3. The Morgan fingerprint density at radius 3 is 2.05 bits per heavy atom. The van der Waals surface area contributed by atoms with Crippen LogP contribution in [0.4, 0.5) is 0 Å². The van der Waals surface area contributed by atoms with Gasteiger partial charge in [-0.15, -0.1) is 0 Å². The molecule has 0 radical (unpaired) electrons. The fraction of sp³-hybridized carbons (Fsp3) is 0. The topological polar surface area (TPSA) is 0 Å². The van der Waals surface area contributed by atoms with E-state index in [1.807, 2.05) is 36.4 Å². The number of fused-ring (bicyclic) bond motifs is 1. The average molecular weight is 284 g/mol. The van der Waals surface area contributed by atoms with Crippen molar-refractivity contribution in [3.8, 4) is 0 Å². The van der Waals surface area contributed by atoms with Crippen molar-refractivity contribution in [2.75, 3.05) is 0 Å². The number of allylic oxidation sites excluding steroid dienone is 2. The summed E-state index contributed by atoms with van der Waals surface area (Å²) < 4.78 is 0. The van der Waals surface area contributed by atoms with E-state index < -0.39 is 0 Å². The SMILES string of the molecule is C=CC(=C)c1ccccc1.C=Cc1cccc2ccccc12. The van der Waals surface area contributed by atoms with Crippen molar-refractivity contribution in [2.24, 2.45) is 0 Å². The lowest BCUT2D eigenvalue weighted by molar-refractivity contribution is 1.63. The van der Waals surface area contributed by atoms with Gasteiger partial charge in [-0.3, -0.25) is 0 Å². The molecule has 0 saturated heterocycles. The zero-order chi connectivity index (χ0) is 15.8. The summed E-state index contributed by atoms with van der Waals surface area (Å²) in [7, 11) is 0. The lowest BCUT2D eigenvalue weighted by Crippen LogP contribution is -1.75. The van der Waals surface area contributed by atoms with Gasteiger partial charge >= 0.3 is 0 Å². The van der Waals surface area contributed by atoms with Crippen LogP contribution in [0.5, 0.6) is 0 Å². The molecule has 0 spiro atoms. The zero-order valence-corrected chi connectivity index (χ0v) is 12.7. The van der Waals surface area contributed by atoms with Crippen LogP contribution >= 0.6 is 0 Å². The van der Waals surface area contributed by atoms with E-state index in [4.69, 9.17) is 0 Å². The Hall–Kier alpha value is -2.86. The first-order valence-electron chi connectivity index (χ1n) is 7.23. The largest absolute Gasteiger partial charge is 0.0985 e. The molecule has 0 aromatic heterocycles. The van der Waals surface area contributed by atoms with E-state index >= 15 is 0 Å². The summed E-state index contributed by atoms with van der Waals surface area (Å²) >= 11 is 0. The minimum Gasteiger partial charge on any atom is -0.0985 e. The molecule has 0 N–H and O–H groups in total. The Bertz CT molecular complexity index is 774. The third-order valence-corrected chi connectivity index (χ3v) is 3.43. The van der Waals surface area contributed by atoms with E-state index in [1.54, 1.807) is 6.08 Å². The van der Waals surface area contributed by atoms with Gasteiger partial charge in [-0.05, 0) is 27.5 Å². The smallest absolute Gasteiger partial charge is 0.0112 e. The number of hydrogen-bond donors (Lipinski definition) is 0. The van der Waals surface area contributed by atoms with Gasteiger partial charge in [-0.25, -0.2) is 0 Å². The molecule has 3 rings (SSSR count). The Balaban J connectivity index is 0.000000164. The van der Waals surface area contributed by atoms with Crippen molar-refractivity contribution in [3.05, 3.63) is 110 Å². The van der Waals surface area contributed by atoms with Crippen LogP contribution in [0.15, 0.2) is 98.6 Å². The van der Waals surface area contributed by atoms with Crippen molar-refractivity contribution < 1.29 is 0 Å². The van der Waals surface area contributed by atoms with Gasteiger partial charge in [-0.2, -0.15) is 0 Å². The predicted molar refractivity (Wildman–Crippen MR) is 99.7 cm³/mol. The molecular weight excluding hydrogens is 264 g/mol. The normalized spacial score (nSPS) is 9.45. The Morgan fingerprint density at radius 2 is 1.36 bits per heavy atom. The van der Waals surface area contributed by atoms with Gasteiger partial charge in [0, 0.05) is 0 Å². The second-order valence-corrected chi connectivity index (χ2v) is 4.87.